The Kier molecular flexibility index (Phi) is 7.75. The largest absolute Gasteiger partial charge is 0.444 e. The van der Waals surface area contributed by atoms with E-state index in [0.29, 0.717) is 30.2 Å². The third-order valence-electron chi connectivity index (χ3n) is 5.22. The predicted octanol–water partition coefficient (Wildman–Crippen LogP) is 3.90. The number of methoxy groups -OCH3 is 1. The number of benzene rings is 1. The second-order valence-electron chi connectivity index (χ2n) is 9.01. The quantitative estimate of drug-likeness (QED) is 0.687. The minimum atomic E-state index is -0.521. The number of nitrogens with zero attached hydrogens (tertiary/aromatic N) is 2. The number of hydrogen-bond acceptors (Lipinski definition) is 5. The SMILES string of the molecule is COCC(=O)Nc1ccc(NC(=O)c2cccn2C2CCN(C(=O)OC(C)(C)C)CC2)cc1. The van der Waals surface area contributed by atoms with Crippen molar-refractivity contribution >= 4 is 29.3 Å². The molecule has 33 heavy (non-hydrogen) atoms. The van der Waals surface area contributed by atoms with Crippen LogP contribution < -0.4 is 10.6 Å². The highest BCUT2D eigenvalue weighted by Gasteiger charge is 2.28. The molecule has 1 fully saturated rings. The molecule has 1 aliphatic heterocycles. The Bertz CT molecular complexity index is 969. The summed E-state index contributed by atoms with van der Waals surface area (Å²) in [5.74, 6) is -0.462. The zero-order valence-electron chi connectivity index (χ0n) is 19.6. The van der Waals surface area contributed by atoms with Crippen LogP contribution in [0.15, 0.2) is 42.6 Å². The van der Waals surface area contributed by atoms with Crippen LogP contribution in [0, 0.1) is 0 Å². The van der Waals surface area contributed by atoms with Gasteiger partial charge in [0.15, 0.2) is 0 Å². The topological polar surface area (TPSA) is 102 Å². The monoisotopic (exact) mass is 456 g/mol. The number of ether oxygens (including phenoxy) is 2. The van der Waals surface area contributed by atoms with Crippen LogP contribution >= 0.6 is 0 Å². The van der Waals surface area contributed by atoms with Gasteiger partial charge in [-0.25, -0.2) is 4.79 Å². The average molecular weight is 457 g/mol. The molecular formula is C24H32N4O5. The molecule has 0 bridgehead atoms. The van der Waals surface area contributed by atoms with E-state index < -0.39 is 5.60 Å². The molecule has 9 nitrogen and oxygen atoms in total. The molecular weight excluding hydrogens is 424 g/mol. The van der Waals surface area contributed by atoms with Crippen molar-refractivity contribution in [2.24, 2.45) is 0 Å². The number of hydrogen-bond donors (Lipinski definition) is 2. The Hall–Kier alpha value is -3.33. The summed E-state index contributed by atoms with van der Waals surface area (Å²) in [7, 11) is 1.46. The van der Waals surface area contributed by atoms with Crippen molar-refractivity contribution in [2.75, 3.05) is 37.4 Å². The third kappa shape index (κ3) is 6.82. The Morgan fingerprint density at radius 2 is 1.61 bits per heavy atom. The lowest BCUT2D eigenvalue weighted by Gasteiger charge is -2.34. The minimum absolute atomic E-state index is 0.0216. The number of anilines is 2. The molecule has 9 heteroatoms. The maximum atomic E-state index is 12.9. The van der Waals surface area contributed by atoms with Crippen LogP contribution in [0.1, 0.15) is 50.1 Å². The van der Waals surface area contributed by atoms with Gasteiger partial charge >= 0.3 is 6.09 Å². The highest BCUT2D eigenvalue weighted by molar-refractivity contribution is 6.03. The fourth-order valence-electron chi connectivity index (χ4n) is 3.72. The zero-order valence-corrected chi connectivity index (χ0v) is 19.6. The van der Waals surface area contributed by atoms with Gasteiger partial charge in [0, 0.05) is 43.8 Å². The van der Waals surface area contributed by atoms with Gasteiger partial charge in [-0.05, 0) is 70.0 Å². The smallest absolute Gasteiger partial charge is 0.410 e. The van der Waals surface area contributed by atoms with Crippen molar-refractivity contribution in [3.8, 4) is 0 Å². The van der Waals surface area contributed by atoms with E-state index in [0.717, 1.165) is 12.8 Å². The Labute approximate surface area is 194 Å². The van der Waals surface area contributed by atoms with Crippen LogP contribution in [0.5, 0.6) is 0 Å². The van der Waals surface area contributed by atoms with Gasteiger partial charge in [0.05, 0.1) is 0 Å². The molecule has 0 atom stereocenters. The van der Waals surface area contributed by atoms with Gasteiger partial charge in [-0.1, -0.05) is 0 Å². The number of rotatable bonds is 6. The molecule has 178 valence electrons. The van der Waals surface area contributed by atoms with Gasteiger partial charge < -0.3 is 29.6 Å². The molecule has 0 spiro atoms. The fourth-order valence-corrected chi connectivity index (χ4v) is 3.72. The van der Waals surface area contributed by atoms with Gasteiger partial charge in [-0.2, -0.15) is 0 Å². The molecule has 1 aromatic carbocycles. The highest BCUT2D eigenvalue weighted by Crippen LogP contribution is 2.26. The van der Waals surface area contributed by atoms with Crippen molar-refractivity contribution in [1.29, 1.82) is 0 Å². The third-order valence-corrected chi connectivity index (χ3v) is 5.22. The Balaban J connectivity index is 1.57. The van der Waals surface area contributed by atoms with Gasteiger partial charge in [-0.15, -0.1) is 0 Å². The maximum absolute atomic E-state index is 12.9. The number of piperidine rings is 1. The molecule has 0 radical (unpaired) electrons. The lowest BCUT2D eigenvalue weighted by molar-refractivity contribution is -0.119. The van der Waals surface area contributed by atoms with Crippen LogP contribution in [-0.2, 0) is 14.3 Å². The molecule has 2 heterocycles. The summed E-state index contributed by atoms with van der Waals surface area (Å²) in [6.45, 7) is 6.70. The van der Waals surface area contributed by atoms with Crippen LogP contribution in [0.25, 0.3) is 0 Å². The lowest BCUT2D eigenvalue weighted by Crippen LogP contribution is -2.42. The molecule has 2 aromatic rings. The molecule has 0 aliphatic carbocycles. The van der Waals surface area contributed by atoms with Crippen LogP contribution in [0.4, 0.5) is 16.2 Å². The second-order valence-corrected chi connectivity index (χ2v) is 9.01. The normalized spacial score (nSPS) is 14.6. The van der Waals surface area contributed by atoms with Crippen LogP contribution in [-0.4, -0.2) is 59.8 Å². The molecule has 1 aromatic heterocycles. The first-order valence-electron chi connectivity index (χ1n) is 11.0. The van der Waals surface area contributed by atoms with E-state index in [2.05, 4.69) is 10.6 Å². The van der Waals surface area contributed by atoms with Gasteiger partial charge in [0.1, 0.15) is 17.9 Å². The van der Waals surface area contributed by atoms with Crippen molar-refractivity contribution in [1.82, 2.24) is 9.47 Å². The molecule has 2 N–H and O–H groups in total. The first-order chi connectivity index (χ1) is 15.7. The standard InChI is InChI=1S/C24H32N4O5/c1-24(2,3)33-23(31)27-14-11-19(12-15-27)28-13-5-6-20(28)22(30)26-18-9-7-17(8-10-18)25-21(29)16-32-4/h5-10,13,19H,11-12,14-16H2,1-4H3,(H,25,29)(H,26,30). The van der Waals surface area contributed by atoms with Crippen LogP contribution in [0.2, 0.25) is 0 Å². The van der Waals surface area contributed by atoms with E-state index in [4.69, 9.17) is 9.47 Å². The number of carbonyl (C=O) groups is 3. The average Bonchev–Trinajstić information content (AvgIpc) is 3.24. The summed E-state index contributed by atoms with van der Waals surface area (Å²) < 4.78 is 12.2. The lowest BCUT2D eigenvalue weighted by atomic mass is 10.0. The van der Waals surface area contributed by atoms with E-state index in [-0.39, 0.29) is 30.6 Å². The predicted molar refractivity (Wildman–Crippen MR) is 125 cm³/mol. The fraction of sp³-hybridized carbons (Fsp3) is 0.458. The number of aromatic nitrogens is 1. The second kappa shape index (κ2) is 10.5. The van der Waals surface area contributed by atoms with Crippen molar-refractivity contribution in [2.45, 2.75) is 45.3 Å². The summed E-state index contributed by atoms with van der Waals surface area (Å²) in [6.07, 6.45) is 3.08. The minimum Gasteiger partial charge on any atom is -0.444 e. The maximum Gasteiger partial charge on any atom is 0.410 e. The van der Waals surface area contributed by atoms with E-state index in [1.54, 1.807) is 35.2 Å². The van der Waals surface area contributed by atoms with Crippen molar-refractivity contribution in [3.63, 3.8) is 0 Å². The van der Waals surface area contributed by atoms with Gasteiger partial charge in [0.2, 0.25) is 5.91 Å². The highest BCUT2D eigenvalue weighted by atomic mass is 16.6. The Morgan fingerprint density at radius 1 is 1.00 bits per heavy atom. The van der Waals surface area contributed by atoms with Crippen molar-refractivity contribution in [3.05, 3.63) is 48.3 Å². The van der Waals surface area contributed by atoms with Crippen molar-refractivity contribution < 1.29 is 23.9 Å². The summed E-state index contributed by atoms with van der Waals surface area (Å²) in [4.78, 5) is 38.5. The van der Waals surface area contributed by atoms with E-state index >= 15 is 0 Å². The van der Waals surface area contributed by atoms with Gasteiger partial charge in [-0.3, -0.25) is 9.59 Å². The van der Waals surface area contributed by atoms with Gasteiger partial charge in [0.25, 0.3) is 5.91 Å². The molecule has 0 saturated carbocycles. The molecule has 3 rings (SSSR count). The summed E-state index contributed by atoms with van der Waals surface area (Å²) >= 11 is 0. The number of likely N-dealkylation sites (tertiary alicyclic amines) is 1. The first-order valence-corrected chi connectivity index (χ1v) is 11.0. The first kappa shape index (κ1) is 24.3. The Morgan fingerprint density at radius 3 is 2.18 bits per heavy atom. The van der Waals surface area contributed by atoms with Crippen LogP contribution in [0.3, 0.4) is 0 Å². The van der Waals surface area contributed by atoms with E-state index in [1.807, 2.05) is 37.6 Å². The molecule has 1 aliphatic rings. The number of amides is 3. The molecule has 1 saturated heterocycles. The summed E-state index contributed by atoms with van der Waals surface area (Å²) in [5.41, 5.74) is 1.28. The number of carbonyl (C=O) groups excluding carboxylic acids is 3. The number of nitrogens with one attached hydrogen (secondary N) is 2. The summed E-state index contributed by atoms with van der Waals surface area (Å²) in [6, 6.07) is 10.7. The molecule has 3 amide bonds. The summed E-state index contributed by atoms with van der Waals surface area (Å²) in [5, 5.41) is 5.61. The molecule has 0 unspecified atom stereocenters. The zero-order chi connectivity index (χ0) is 24.0. The van der Waals surface area contributed by atoms with E-state index in [9.17, 15) is 14.4 Å². The van der Waals surface area contributed by atoms with E-state index in [1.165, 1.54) is 7.11 Å².